The predicted octanol–water partition coefficient (Wildman–Crippen LogP) is 2.25. The largest absolute Gasteiger partial charge is 0.393 e. The van der Waals surface area contributed by atoms with Crippen LogP contribution in [0.15, 0.2) is 18.2 Å². The van der Waals surface area contributed by atoms with Crippen LogP contribution in [-0.4, -0.2) is 29.6 Å². The van der Waals surface area contributed by atoms with Gasteiger partial charge in [0.15, 0.2) is 0 Å². The van der Waals surface area contributed by atoms with Gasteiger partial charge in [-0.15, -0.1) is 0 Å². The summed E-state index contributed by atoms with van der Waals surface area (Å²) in [6.45, 7) is 2.13. The normalized spacial score (nSPS) is 21.2. The molecule has 22 heavy (non-hydrogen) atoms. The van der Waals surface area contributed by atoms with Crippen molar-refractivity contribution in [3.8, 4) is 0 Å². The second-order valence-electron chi connectivity index (χ2n) is 5.74. The molecule has 0 heterocycles. The number of halogens is 1. The van der Waals surface area contributed by atoms with Crippen molar-refractivity contribution in [1.29, 1.82) is 0 Å². The van der Waals surface area contributed by atoms with E-state index in [1.54, 1.807) is 25.1 Å². The van der Waals surface area contributed by atoms with Crippen LogP contribution in [0.2, 0.25) is 5.02 Å². The third kappa shape index (κ3) is 4.45. The number of carbonyl (C=O) groups is 2. The van der Waals surface area contributed by atoms with Gasteiger partial charge in [0.25, 0.3) is 0 Å². The van der Waals surface area contributed by atoms with E-state index < -0.39 is 17.9 Å². The Balaban J connectivity index is 1.85. The maximum Gasteiger partial charge on any atom is 0.313 e. The lowest BCUT2D eigenvalue weighted by Gasteiger charge is -2.27. The van der Waals surface area contributed by atoms with Gasteiger partial charge in [0.2, 0.25) is 0 Å². The number of hydrogen-bond donors (Lipinski definition) is 3. The maximum atomic E-state index is 11.9. The number of aliphatic hydroxyl groups excluding tert-OH is 1. The van der Waals surface area contributed by atoms with E-state index in [1.807, 2.05) is 0 Å². The molecule has 0 aliphatic heterocycles. The fraction of sp³-hybridized carbons (Fsp3) is 0.500. The van der Waals surface area contributed by atoms with Crippen molar-refractivity contribution >= 4 is 29.1 Å². The molecule has 0 unspecified atom stereocenters. The summed E-state index contributed by atoms with van der Waals surface area (Å²) in [7, 11) is 0. The molecule has 0 saturated heterocycles. The van der Waals surface area contributed by atoms with Gasteiger partial charge in [0.05, 0.1) is 6.10 Å². The van der Waals surface area contributed by atoms with Crippen LogP contribution >= 0.6 is 11.6 Å². The number of rotatable bonds is 3. The van der Waals surface area contributed by atoms with E-state index in [9.17, 15) is 14.7 Å². The first-order valence-electron chi connectivity index (χ1n) is 7.51. The molecule has 2 amide bonds. The summed E-state index contributed by atoms with van der Waals surface area (Å²) in [5.74, 6) is -1.37. The lowest BCUT2D eigenvalue weighted by atomic mass is 9.86. The van der Waals surface area contributed by atoms with Crippen molar-refractivity contribution in [2.24, 2.45) is 5.92 Å². The zero-order valence-electron chi connectivity index (χ0n) is 12.6. The molecular formula is C16H21ClN2O3. The fourth-order valence-electron chi connectivity index (χ4n) is 2.68. The second kappa shape index (κ2) is 7.61. The SMILES string of the molecule is Cc1cc(Cl)ccc1NC(=O)C(=O)NC[C@@H]1CCCC[C@H]1O. The first-order valence-corrected chi connectivity index (χ1v) is 7.88. The number of benzene rings is 1. The highest BCUT2D eigenvalue weighted by molar-refractivity contribution is 6.39. The third-order valence-corrected chi connectivity index (χ3v) is 4.27. The number of hydrogen-bond acceptors (Lipinski definition) is 3. The number of anilines is 1. The van der Waals surface area contributed by atoms with Crippen molar-refractivity contribution in [2.75, 3.05) is 11.9 Å². The Labute approximate surface area is 135 Å². The summed E-state index contributed by atoms with van der Waals surface area (Å²) < 4.78 is 0. The molecule has 0 radical (unpaired) electrons. The molecular weight excluding hydrogens is 304 g/mol. The van der Waals surface area contributed by atoms with Gasteiger partial charge in [-0.1, -0.05) is 24.4 Å². The molecule has 1 aromatic carbocycles. The second-order valence-corrected chi connectivity index (χ2v) is 6.17. The van der Waals surface area contributed by atoms with Crippen molar-refractivity contribution in [3.05, 3.63) is 28.8 Å². The van der Waals surface area contributed by atoms with Gasteiger partial charge in [-0.3, -0.25) is 9.59 Å². The lowest BCUT2D eigenvalue weighted by Crippen LogP contribution is -2.41. The Morgan fingerprint density at radius 1 is 1.27 bits per heavy atom. The Hall–Kier alpha value is -1.59. The van der Waals surface area contributed by atoms with E-state index in [1.165, 1.54) is 0 Å². The van der Waals surface area contributed by atoms with Gasteiger partial charge >= 0.3 is 11.8 Å². The standard InChI is InChI=1S/C16H21ClN2O3/c1-10-8-12(17)6-7-13(10)19-16(22)15(21)18-9-11-4-2-3-5-14(11)20/h6-8,11,14,20H,2-5,9H2,1H3,(H,18,21)(H,19,22)/t11-,14+/m0/s1. The van der Waals surface area contributed by atoms with Crippen LogP contribution < -0.4 is 10.6 Å². The monoisotopic (exact) mass is 324 g/mol. The van der Waals surface area contributed by atoms with Crippen LogP contribution in [0.1, 0.15) is 31.2 Å². The van der Waals surface area contributed by atoms with Gasteiger partial charge < -0.3 is 15.7 Å². The zero-order valence-corrected chi connectivity index (χ0v) is 13.3. The van der Waals surface area contributed by atoms with E-state index >= 15 is 0 Å². The average molecular weight is 325 g/mol. The summed E-state index contributed by atoms with van der Waals surface area (Å²) in [6.07, 6.45) is 3.31. The Morgan fingerprint density at radius 3 is 2.68 bits per heavy atom. The van der Waals surface area contributed by atoms with Crippen LogP contribution in [0, 0.1) is 12.8 Å². The molecule has 1 aliphatic carbocycles. The molecule has 1 saturated carbocycles. The van der Waals surface area contributed by atoms with Crippen molar-refractivity contribution < 1.29 is 14.7 Å². The molecule has 3 N–H and O–H groups in total. The Morgan fingerprint density at radius 2 is 2.00 bits per heavy atom. The van der Waals surface area contributed by atoms with Gasteiger partial charge in [-0.2, -0.15) is 0 Å². The quantitative estimate of drug-likeness (QED) is 0.746. The lowest BCUT2D eigenvalue weighted by molar-refractivity contribution is -0.136. The van der Waals surface area contributed by atoms with E-state index in [0.29, 0.717) is 17.3 Å². The topological polar surface area (TPSA) is 78.4 Å². The van der Waals surface area contributed by atoms with E-state index in [0.717, 1.165) is 31.2 Å². The molecule has 0 spiro atoms. The van der Waals surface area contributed by atoms with Crippen LogP contribution in [0.25, 0.3) is 0 Å². The summed E-state index contributed by atoms with van der Waals surface area (Å²) >= 11 is 5.85. The molecule has 5 nitrogen and oxygen atoms in total. The number of amides is 2. The van der Waals surface area contributed by atoms with Crippen LogP contribution in [0.5, 0.6) is 0 Å². The van der Waals surface area contributed by atoms with Crippen molar-refractivity contribution in [1.82, 2.24) is 5.32 Å². The minimum Gasteiger partial charge on any atom is -0.393 e. The maximum absolute atomic E-state index is 11.9. The first kappa shape index (κ1) is 16.8. The highest BCUT2D eigenvalue weighted by atomic mass is 35.5. The minimum absolute atomic E-state index is 0.0303. The van der Waals surface area contributed by atoms with E-state index in [2.05, 4.69) is 10.6 Å². The molecule has 0 bridgehead atoms. The smallest absolute Gasteiger partial charge is 0.313 e. The first-order chi connectivity index (χ1) is 10.5. The Kier molecular flexibility index (Phi) is 5.80. The minimum atomic E-state index is -0.712. The predicted molar refractivity (Wildman–Crippen MR) is 85.8 cm³/mol. The third-order valence-electron chi connectivity index (χ3n) is 4.04. The molecule has 6 heteroatoms. The van der Waals surface area contributed by atoms with Crippen LogP contribution in [0.3, 0.4) is 0 Å². The molecule has 120 valence electrons. The molecule has 0 aromatic heterocycles. The summed E-state index contributed by atoms with van der Waals surface area (Å²) in [5.41, 5.74) is 1.35. The summed E-state index contributed by atoms with van der Waals surface area (Å²) in [4.78, 5) is 23.7. The number of aliphatic hydroxyl groups is 1. The van der Waals surface area contributed by atoms with Gasteiger partial charge in [-0.25, -0.2) is 0 Å². The van der Waals surface area contributed by atoms with Crippen molar-refractivity contribution in [2.45, 2.75) is 38.7 Å². The average Bonchev–Trinajstić information content (AvgIpc) is 2.49. The molecule has 2 atom stereocenters. The van der Waals surface area contributed by atoms with E-state index in [-0.39, 0.29) is 5.92 Å². The van der Waals surface area contributed by atoms with Gasteiger partial charge in [0.1, 0.15) is 0 Å². The van der Waals surface area contributed by atoms with Gasteiger partial charge in [-0.05, 0) is 43.5 Å². The fourth-order valence-corrected chi connectivity index (χ4v) is 2.90. The molecule has 1 aromatic rings. The van der Waals surface area contributed by atoms with Crippen LogP contribution in [-0.2, 0) is 9.59 Å². The number of carbonyl (C=O) groups excluding carboxylic acids is 2. The summed E-state index contributed by atoms with van der Waals surface area (Å²) in [6, 6.07) is 5.03. The zero-order chi connectivity index (χ0) is 16.1. The van der Waals surface area contributed by atoms with Gasteiger partial charge in [0, 0.05) is 23.2 Å². The van der Waals surface area contributed by atoms with E-state index in [4.69, 9.17) is 11.6 Å². The molecule has 1 fully saturated rings. The summed E-state index contributed by atoms with van der Waals surface area (Å²) in [5, 5.41) is 15.6. The van der Waals surface area contributed by atoms with Crippen molar-refractivity contribution in [3.63, 3.8) is 0 Å². The molecule has 1 aliphatic rings. The highest BCUT2D eigenvalue weighted by Crippen LogP contribution is 2.23. The van der Waals surface area contributed by atoms with Crippen LogP contribution in [0.4, 0.5) is 5.69 Å². The molecule has 2 rings (SSSR count). The highest BCUT2D eigenvalue weighted by Gasteiger charge is 2.24. The number of nitrogens with one attached hydrogen (secondary N) is 2. The number of aryl methyl sites for hydroxylation is 1. The Bertz CT molecular complexity index is 562.